The number of unbranched alkanes of at least 4 members (excludes halogenated alkanes) is 1. The number of benzene rings is 3. The molecule has 3 rings (SSSR count). The van der Waals surface area contributed by atoms with Crippen LogP contribution in [0.1, 0.15) is 37.8 Å². The molecule has 0 aromatic heterocycles. The molecule has 0 saturated carbocycles. The molecular formula is C30H36ClN3O5S. The molecule has 0 aliphatic carbocycles. The van der Waals surface area contributed by atoms with Crippen molar-refractivity contribution < 1.29 is 22.7 Å². The maximum absolute atomic E-state index is 13.9. The lowest BCUT2D eigenvalue weighted by molar-refractivity contribution is -0.139. The van der Waals surface area contributed by atoms with Crippen molar-refractivity contribution in [1.82, 2.24) is 10.2 Å². The minimum absolute atomic E-state index is 0.00160. The van der Waals surface area contributed by atoms with Crippen molar-refractivity contribution in [2.45, 2.75) is 51.1 Å². The van der Waals surface area contributed by atoms with E-state index in [-0.39, 0.29) is 17.3 Å². The third-order valence-electron chi connectivity index (χ3n) is 6.48. The zero-order valence-electron chi connectivity index (χ0n) is 23.3. The number of anilines is 1. The summed E-state index contributed by atoms with van der Waals surface area (Å²) in [5.41, 5.74) is 1.94. The number of carbonyl (C=O) groups is 2. The molecule has 0 aliphatic rings. The van der Waals surface area contributed by atoms with Gasteiger partial charge in [0.05, 0.1) is 17.7 Å². The minimum Gasteiger partial charge on any atom is -0.497 e. The van der Waals surface area contributed by atoms with E-state index in [0.717, 1.165) is 28.3 Å². The van der Waals surface area contributed by atoms with Gasteiger partial charge in [-0.25, -0.2) is 8.42 Å². The SMILES string of the molecule is CCCCNC(=O)C(C)N(Cc1ccc(OC)cc1)C(=O)CN(c1cccc(C)c1)S(=O)(=O)c1ccc(Cl)cc1. The Morgan fingerprint density at radius 1 is 1.02 bits per heavy atom. The Balaban J connectivity index is 1.99. The van der Waals surface area contributed by atoms with Crippen LogP contribution in [0.25, 0.3) is 0 Å². The minimum atomic E-state index is -4.15. The predicted molar refractivity (Wildman–Crippen MR) is 158 cm³/mol. The summed E-state index contributed by atoms with van der Waals surface area (Å²) >= 11 is 6.00. The first-order chi connectivity index (χ1) is 19.1. The molecule has 1 unspecified atom stereocenters. The number of hydrogen-bond acceptors (Lipinski definition) is 5. The molecule has 0 aliphatic heterocycles. The summed E-state index contributed by atoms with van der Waals surface area (Å²) in [5.74, 6) is -0.169. The molecule has 0 fully saturated rings. The lowest BCUT2D eigenvalue weighted by Crippen LogP contribution is -2.51. The molecule has 0 heterocycles. The maximum atomic E-state index is 13.9. The number of amides is 2. The number of hydrogen-bond donors (Lipinski definition) is 1. The summed E-state index contributed by atoms with van der Waals surface area (Å²) < 4.78 is 34.0. The van der Waals surface area contributed by atoms with Gasteiger partial charge < -0.3 is 15.0 Å². The Morgan fingerprint density at radius 2 is 1.70 bits per heavy atom. The number of sulfonamides is 1. The molecule has 1 atom stereocenters. The molecule has 0 spiro atoms. The lowest BCUT2D eigenvalue weighted by Gasteiger charge is -2.32. The molecule has 1 N–H and O–H groups in total. The van der Waals surface area contributed by atoms with Gasteiger partial charge in [0.1, 0.15) is 18.3 Å². The van der Waals surface area contributed by atoms with Gasteiger partial charge in [0.25, 0.3) is 10.0 Å². The Hall–Kier alpha value is -3.56. The van der Waals surface area contributed by atoms with E-state index in [1.165, 1.54) is 29.2 Å². The van der Waals surface area contributed by atoms with E-state index < -0.39 is 28.5 Å². The van der Waals surface area contributed by atoms with Crippen LogP contribution in [0.3, 0.4) is 0 Å². The fourth-order valence-corrected chi connectivity index (χ4v) is 5.62. The molecule has 10 heteroatoms. The number of aryl methyl sites for hydroxylation is 1. The Morgan fingerprint density at radius 3 is 2.30 bits per heavy atom. The van der Waals surface area contributed by atoms with Crippen molar-refractivity contribution in [3.63, 3.8) is 0 Å². The third-order valence-corrected chi connectivity index (χ3v) is 8.52. The van der Waals surface area contributed by atoms with E-state index in [2.05, 4.69) is 5.32 Å². The molecule has 8 nitrogen and oxygen atoms in total. The van der Waals surface area contributed by atoms with Crippen LogP contribution in [-0.2, 0) is 26.2 Å². The smallest absolute Gasteiger partial charge is 0.264 e. The largest absolute Gasteiger partial charge is 0.497 e. The molecule has 3 aromatic carbocycles. The first kappa shape index (κ1) is 31.0. The van der Waals surface area contributed by atoms with Crippen LogP contribution in [0, 0.1) is 6.92 Å². The molecule has 40 heavy (non-hydrogen) atoms. The summed E-state index contributed by atoms with van der Waals surface area (Å²) in [6.07, 6.45) is 1.72. The van der Waals surface area contributed by atoms with Gasteiger partial charge >= 0.3 is 0 Å². The highest BCUT2D eigenvalue weighted by Crippen LogP contribution is 2.26. The zero-order chi connectivity index (χ0) is 29.3. The van der Waals surface area contributed by atoms with Gasteiger partial charge in [-0.05, 0) is 79.9 Å². The van der Waals surface area contributed by atoms with Gasteiger partial charge in [-0.3, -0.25) is 13.9 Å². The Kier molecular flexibility index (Phi) is 11.0. The second-order valence-corrected chi connectivity index (χ2v) is 11.8. The summed E-state index contributed by atoms with van der Waals surface area (Å²) in [7, 11) is -2.59. The van der Waals surface area contributed by atoms with Crippen molar-refractivity contribution >= 4 is 39.1 Å². The van der Waals surface area contributed by atoms with Crippen LogP contribution >= 0.6 is 11.6 Å². The highest BCUT2D eigenvalue weighted by Gasteiger charge is 2.32. The standard InChI is InChI=1S/C30H36ClN3O5S/c1-5-6-18-32-30(36)23(3)33(20-24-10-14-27(39-4)15-11-24)29(35)21-34(26-9-7-8-22(2)19-26)40(37,38)28-16-12-25(31)13-17-28/h7-17,19,23H,5-6,18,20-21H2,1-4H3,(H,32,36). The van der Waals surface area contributed by atoms with Crippen LogP contribution < -0.4 is 14.4 Å². The number of ether oxygens (including phenoxy) is 1. The molecule has 3 aromatic rings. The topological polar surface area (TPSA) is 96.0 Å². The average molecular weight is 586 g/mol. The van der Waals surface area contributed by atoms with E-state index in [0.29, 0.717) is 23.0 Å². The number of halogens is 1. The molecule has 214 valence electrons. The Labute approximate surface area is 241 Å². The van der Waals surface area contributed by atoms with Crippen molar-refractivity contribution in [3.8, 4) is 5.75 Å². The predicted octanol–water partition coefficient (Wildman–Crippen LogP) is 5.19. The Bertz CT molecular complexity index is 1400. The molecule has 0 saturated heterocycles. The summed E-state index contributed by atoms with van der Waals surface area (Å²) in [4.78, 5) is 28.4. The summed E-state index contributed by atoms with van der Waals surface area (Å²) in [6, 6.07) is 19.0. The van der Waals surface area contributed by atoms with E-state index in [1.807, 2.05) is 32.0 Å². The van der Waals surface area contributed by atoms with E-state index in [1.54, 1.807) is 44.4 Å². The van der Waals surface area contributed by atoms with Crippen LogP contribution in [0.5, 0.6) is 5.75 Å². The van der Waals surface area contributed by atoms with Gasteiger partial charge in [-0.2, -0.15) is 0 Å². The van der Waals surface area contributed by atoms with Crippen LogP contribution in [0.15, 0.2) is 77.7 Å². The van der Waals surface area contributed by atoms with Crippen molar-refractivity contribution in [2.24, 2.45) is 0 Å². The van der Waals surface area contributed by atoms with Crippen molar-refractivity contribution in [2.75, 3.05) is 24.5 Å². The monoisotopic (exact) mass is 585 g/mol. The lowest BCUT2D eigenvalue weighted by atomic mass is 10.1. The number of rotatable bonds is 13. The summed E-state index contributed by atoms with van der Waals surface area (Å²) in [5, 5.41) is 3.27. The van der Waals surface area contributed by atoms with Gasteiger partial charge in [-0.1, -0.05) is 49.2 Å². The van der Waals surface area contributed by atoms with Crippen LogP contribution in [-0.4, -0.2) is 51.4 Å². The quantitative estimate of drug-likeness (QED) is 0.279. The van der Waals surface area contributed by atoms with E-state index in [9.17, 15) is 18.0 Å². The first-order valence-electron chi connectivity index (χ1n) is 13.1. The normalized spacial score (nSPS) is 11.9. The number of carbonyl (C=O) groups excluding carboxylic acids is 2. The molecule has 0 bridgehead atoms. The average Bonchev–Trinajstić information content (AvgIpc) is 2.94. The maximum Gasteiger partial charge on any atom is 0.264 e. The van der Waals surface area contributed by atoms with Crippen LogP contribution in [0.2, 0.25) is 5.02 Å². The second kappa shape index (κ2) is 14.2. The fourth-order valence-electron chi connectivity index (χ4n) is 4.09. The first-order valence-corrected chi connectivity index (χ1v) is 14.9. The summed E-state index contributed by atoms with van der Waals surface area (Å²) in [6.45, 7) is 5.61. The number of methoxy groups -OCH3 is 1. The highest BCUT2D eigenvalue weighted by atomic mass is 35.5. The highest BCUT2D eigenvalue weighted by molar-refractivity contribution is 7.92. The van der Waals surface area contributed by atoms with E-state index in [4.69, 9.17) is 16.3 Å². The second-order valence-electron chi connectivity index (χ2n) is 9.49. The number of nitrogens with zero attached hydrogens (tertiary/aromatic N) is 2. The molecule has 0 radical (unpaired) electrons. The van der Waals surface area contributed by atoms with E-state index >= 15 is 0 Å². The van der Waals surface area contributed by atoms with Crippen molar-refractivity contribution in [1.29, 1.82) is 0 Å². The zero-order valence-corrected chi connectivity index (χ0v) is 24.8. The van der Waals surface area contributed by atoms with Gasteiger partial charge in [0.15, 0.2) is 0 Å². The molecular weight excluding hydrogens is 550 g/mol. The fraction of sp³-hybridized carbons (Fsp3) is 0.333. The van der Waals surface area contributed by atoms with Gasteiger partial charge in [0, 0.05) is 18.1 Å². The van der Waals surface area contributed by atoms with Crippen LogP contribution in [0.4, 0.5) is 5.69 Å². The van der Waals surface area contributed by atoms with Gasteiger partial charge in [-0.15, -0.1) is 0 Å². The third kappa shape index (κ3) is 7.99. The van der Waals surface area contributed by atoms with Crippen molar-refractivity contribution in [3.05, 3.63) is 88.9 Å². The van der Waals surface area contributed by atoms with Gasteiger partial charge in [0.2, 0.25) is 11.8 Å². The molecule has 2 amide bonds. The number of nitrogens with one attached hydrogen (secondary N) is 1.